The Kier molecular flexibility index (Phi) is 4.28. The summed E-state index contributed by atoms with van der Waals surface area (Å²) in [4.78, 5) is 11.3. The lowest BCUT2D eigenvalue weighted by Crippen LogP contribution is -2.34. The van der Waals surface area contributed by atoms with E-state index >= 15 is 0 Å². The van der Waals surface area contributed by atoms with Gasteiger partial charge in [0, 0.05) is 6.54 Å². The molecular weight excluding hydrogens is 250 g/mol. The molecule has 7 heteroatoms. The summed E-state index contributed by atoms with van der Waals surface area (Å²) in [6.07, 6.45) is -0.0983. The zero-order valence-corrected chi connectivity index (χ0v) is 11.0. The molecule has 1 unspecified atom stereocenters. The Bertz CT molecular complexity index is 472. The Morgan fingerprint density at radius 1 is 1.42 bits per heavy atom. The first-order chi connectivity index (χ1) is 9.09. The normalized spacial score (nSPS) is 19.2. The molecule has 0 aliphatic carbocycles. The van der Waals surface area contributed by atoms with Crippen LogP contribution in [0.3, 0.4) is 0 Å². The average Bonchev–Trinajstić information content (AvgIpc) is 2.41. The fourth-order valence-corrected chi connectivity index (χ4v) is 1.86. The fraction of sp³-hybridized carbons (Fsp3) is 0.583. The minimum absolute atomic E-state index is 0.0983. The first kappa shape index (κ1) is 13.7. The van der Waals surface area contributed by atoms with Crippen LogP contribution in [0.25, 0.3) is 0 Å². The van der Waals surface area contributed by atoms with E-state index < -0.39 is 5.97 Å². The predicted octanol–water partition coefficient (Wildman–Crippen LogP) is 0.619. The number of aromatic carboxylic acids is 1. The van der Waals surface area contributed by atoms with Gasteiger partial charge in [-0.3, -0.25) is 0 Å². The molecule has 19 heavy (non-hydrogen) atoms. The van der Waals surface area contributed by atoms with Crippen LogP contribution in [-0.2, 0) is 9.47 Å². The molecule has 1 aromatic heterocycles. The molecule has 2 N–H and O–H groups in total. The van der Waals surface area contributed by atoms with Crippen LogP contribution in [0.2, 0.25) is 0 Å². The number of nitrogens with one attached hydrogen (secondary N) is 1. The van der Waals surface area contributed by atoms with Gasteiger partial charge in [0.1, 0.15) is 5.56 Å². The number of hydrogen-bond donors (Lipinski definition) is 2. The number of aryl methyl sites for hydroxylation is 1. The van der Waals surface area contributed by atoms with Crippen molar-refractivity contribution in [3.05, 3.63) is 16.8 Å². The van der Waals surface area contributed by atoms with Gasteiger partial charge in [0.05, 0.1) is 31.6 Å². The summed E-state index contributed by atoms with van der Waals surface area (Å²) < 4.78 is 10.7. The lowest BCUT2D eigenvalue weighted by Gasteiger charge is -2.23. The van der Waals surface area contributed by atoms with Crippen molar-refractivity contribution in [2.75, 3.05) is 31.7 Å². The van der Waals surface area contributed by atoms with E-state index in [1.165, 1.54) is 0 Å². The van der Waals surface area contributed by atoms with Crippen LogP contribution in [0.4, 0.5) is 5.82 Å². The second-order valence-electron chi connectivity index (χ2n) is 4.39. The first-order valence-electron chi connectivity index (χ1n) is 6.10. The highest BCUT2D eigenvalue weighted by Gasteiger charge is 2.20. The molecule has 1 atom stereocenters. The zero-order chi connectivity index (χ0) is 13.8. The molecule has 7 nitrogen and oxygen atoms in total. The molecule has 0 radical (unpaired) electrons. The van der Waals surface area contributed by atoms with Gasteiger partial charge in [0.25, 0.3) is 0 Å². The van der Waals surface area contributed by atoms with E-state index in [1.807, 2.05) is 0 Å². The van der Waals surface area contributed by atoms with Crippen LogP contribution in [0.1, 0.15) is 21.6 Å². The Hall–Kier alpha value is -1.73. The van der Waals surface area contributed by atoms with Crippen molar-refractivity contribution in [1.29, 1.82) is 0 Å². The quantitative estimate of drug-likeness (QED) is 0.825. The third kappa shape index (κ3) is 3.18. The summed E-state index contributed by atoms with van der Waals surface area (Å²) in [6.45, 7) is 5.54. The van der Waals surface area contributed by atoms with E-state index in [9.17, 15) is 9.90 Å². The molecule has 1 saturated heterocycles. The van der Waals surface area contributed by atoms with Gasteiger partial charge in [0.2, 0.25) is 0 Å². The maximum atomic E-state index is 11.3. The van der Waals surface area contributed by atoms with Crippen LogP contribution in [-0.4, -0.2) is 53.7 Å². The number of aromatic nitrogens is 2. The van der Waals surface area contributed by atoms with Gasteiger partial charge in [0.15, 0.2) is 5.82 Å². The van der Waals surface area contributed by atoms with Crippen molar-refractivity contribution in [3.63, 3.8) is 0 Å². The number of carboxylic acids is 1. The monoisotopic (exact) mass is 267 g/mol. The van der Waals surface area contributed by atoms with Gasteiger partial charge in [-0.05, 0) is 19.4 Å². The summed E-state index contributed by atoms with van der Waals surface area (Å²) in [5, 5.41) is 20.1. The largest absolute Gasteiger partial charge is 0.478 e. The van der Waals surface area contributed by atoms with Crippen LogP contribution < -0.4 is 5.32 Å². The van der Waals surface area contributed by atoms with E-state index in [0.717, 1.165) is 0 Å². The van der Waals surface area contributed by atoms with Crippen molar-refractivity contribution in [2.45, 2.75) is 20.0 Å². The van der Waals surface area contributed by atoms with E-state index in [4.69, 9.17) is 9.47 Å². The number of ether oxygens (including phenoxy) is 2. The van der Waals surface area contributed by atoms with E-state index in [1.54, 1.807) is 13.8 Å². The predicted molar refractivity (Wildman–Crippen MR) is 67.5 cm³/mol. The first-order valence-corrected chi connectivity index (χ1v) is 6.10. The summed E-state index contributed by atoms with van der Waals surface area (Å²) in [6, 6.07) is 0. The topological polar surface area (TPSA) is 93.6 Å². The van der Waals surface area contributed by atoms with Crippen LogP contribution >= 0.6 is 0 Å². The second kappa shape index (κ2) is 5.94. The molecule has 0 aromatic carbocycles. The standard InChI is InChI=1S/C12H17N3O4/c1-7-8(2)14-15-11(10(7)12(16)17)13-5-9-6-18-3-4-19-9/h9H,3-6H2,1-2H3,(H,13,15)(H,16,17). The molecule has 0 saturated carbocycles. The maximum absolute atomic E-state index is 11.3. The molecule has 104 valence electrons. The number of hydrogen-bond acceptors (Lipinski definition) is 6. The van der Waals surface area contributed by atoms with Gasteiger partial charge in [-0.1, -0.05) is 0 Å². The number of nitrogens with zero attached hydrogens (tertiary/aromatic N) is 2. The molecule has 0 amide bonds. The molecule has 1 aliphatic heterocycles. The summed E-state index contributed by atoms with van der Waals surface area (Å²) in [5.41, 5.74) is 1.38. The van der Waals surface area contributed by atoms with Gasteiger partial charge in [-0.15, -0.1) is 5.10 Å². The molecular formula is C12H17N3O4. The summed E-state index contributed by atoms with van der Waals surface area (Å²) in [5.74, 6) is -0.747. The number of anilines is 1. The van der Waals surface area contributed by atoms with Gasteiger partial charge < -0.3 is 19.9 Å². The minimum Gasteiger partial charge on any atom is -0.478 e. The van der Waals surface area contributed by atoms with Crippen molar-refractivity contribution in [2.24, 2.45) is 0 Å². The Morgan fingerprint density at radius 2 is 2.21 bits per heavy atom. The van der Waals surface area contributed by atoms with Crippen molar-refractivity contribution in [1.82, 2.24) is 10.2 Å². The highest BCUT2D eigenvalue weighted by Crippen LogP contribution is 2.18. The number of carbonyl (C=O) groups is 1. The third-order valence-corrected chi connectivity index (χ3v) is 3.05. The highest BCUT2D eigenvalue weighted by atomic mass is 16.6. The Labute approximate surface area is 110 Å². The van der Waals surface area contributed by atoms with Crippen molar-refractivity contribution < 1.29 is 19.4 Å². The zero-order valence-electron chi connectivity index (χ0n) is 11.0. The molecule has 2 heterocycles. The lowest BCUT2D eigenvalue weighted by molar-refractivity contribution is -0.0819. The number of rotatable bonds is 4. The Balaban J connectivity index is 2.11. The smallest absolute Gasteiger partial charge is 0.339 e. The van der Waals surface area contributed by atoms with Crippen molar-refractivity contribution >= 4 is 11.8 Å². The third-order valence-electron chi connectivity index (χ3n) is 3.05. The molecule has 0 spiro atoms. The molecule has 1 aliphatic rings. The van der Waals surface area contributed by atoms with Crippen LogP contribution in [0.15, 0.2) is 0 Å². The minimum atomic E-state index is -1.01. The molecule has 1 fully saturated rings. The fourth-order valence-electron chi connectivity index (χ4n) is 1.86. The average molecular weight is 267 g/mol. The van der Waals surface area contributed by atoms with Gasteiger partial charge >= 0.3 is 5.97 Å². The maximum Gasteiger partial charge on any atom is 0.339 e. The van der Waals surface area contributed by atoms with Gasteiger partial charge in [-0.25, -0.2) is 4.79 Å². The van der Waals surface area contributed by atoms with Crippen LogP contribution in [0, 0.1) is 13.8 Å². The molecule has 0 bridgehead atoms. The number of carboxylic acid groups (broad SMARTS) is 1. The Morgan fingerprint density at radius 3 is 2.84 bits per heavy atom. The molecule has 1 aromatic rings. The van der Waals surface area contributed by atoms with E-state index in [0.29, 0.717) is 37.6 Å². The van der Waals surface area contributed by atoms with E-state index in [2.05, 4.69) is 15.5 Å². The highest BCUT2D eigenvalue weighted by molar-refractivity contribution is 5.94. The van der Waals surface area contributed by atoms with Crippen molar-refractivity contribution in [3.8, 4) is 0 Å². The lowest BCUT2D eigenvalue weighted by atomic mass is 10.1. The van der Waals surface area contributed by atoms with E-state index in [-0.39, 0.29) is 17.5 Å². The second-order valence-corrected chi connectivity index (χ2v) is 4.39. The summed E-state index contributed by atoms with van der Waals surface area (Å²) in [7, 11) is 0. The molecule has 2 rings (SSSR count). The van der Waals surface area contributed by atoms with Gasteiger partial charge in [-0.2, -0.15) is 5.10 Å². The van der Waals surface area contributed by atoms with Crippen LogP contribution in [0.5, 0.6) is 0 Å². The SMILES string of the molecule is Cc1nnc(NCC2COCCO2)c(C(=O)O)c1C. The summed E-state index contributed by atoms with van der Waals surface area (Å²) >= 11 is 0.